The van der Waals surface area contributed by atoms with Crippen LogP contribution in [0.15, 0.2) is 15.9 Å². The minimum Gasteiger partial charge on any atom is -0.379 e. The van der Waals surface area contributed by atoms with E-state index in [0.29, 0.717) is 6.04 Å². The Morgan fingerprint density at radius 2 is 2.19 bits per heavy atom. The summed E-state index contributed by atoms with van der Waals surface area (Å²) in [5.41, 5.74) is 6.12. The summed E-state index contributed by atoms with van der Waals surface area (Å²) in [5.74, 6) is 0. The number of hydrogen-bond donors (Lipinski definition) is 1. The Hall–Kier alpha value is 0.0600. The Morgan fingerprint density at radius 1 is 1.50 bits per heavy atom. The molecule has 0 radical (unpaired) electrons. The number of nitrogens with zero attached hydrogens (tertiary/aromatic N) is 1. The molecule has 2 unspecified atom stereocenters. The monoisotopic (exact) mass is 304 g/mol. The quantitative estimate of drug-likeness (QED) is 0.931. The zero-order chi connectivity index (χ0) is 11.5. The van der Waals surface area contributed by atoms with Crippen molar-refractivity contribution in [3.63, 3.8) is 0 Å². The number of rotatable bonds is 3. The molecule has 16 heavy (non-hydrogen) atoms. The number of nitrogens with two attached hydrogens (primary N) is 1. The second kappa shape index (κ2) is 5.60. The van der Waals surface area contributed by atoms with Crippen LogP contribution in [0, 0.1) is 0 Å². The first-order valence-electron chi connectivity index (χ1n) is 5.50. The van der Waals surface area contributed by atoms with Gasteiger partial charge in [0.15, 0.2) is 0 Å². The predicted molar refractivity (Wildman–Crippen MR) is 70.8 cm³/mol. The van der Waals surface area contributed by atoms with Crippen molar-refractivity contribution in [2.24, 2.45) is 5.73 Å². The minimum absolute atomic E-state index is 0.142. The third-order valence-corrected chi connectivity index (χ3v) is 4.58. The molecule has 1 fully saturated rings. The summed E-state index contributed by atoms with van der Waals surface area (Å²) in [5, 5.41) is 2.12. The van der Waals surface area contributed by atoms with Crippen molar-refractivity contribution >= 4 is 27.3 Å². The topological polar surface area (TPSA) is 38.5 Å². The molecule has 2 atom stereocenters. The maximum Gasteiger partial charge on any atom is 0.0594 e. The molecule has 1 aliphatic rings. The van der Waals surface area contributed by atoms with Gasteiger partial charge in [0.2, 0.25) is 0 Å². The van der Waals surface area contributed by atoms with Gasteiger partial charge in [-0.25, -0.2) is 0 Å². The summed E-state index contributed by atoms with van der Waals surface area (Å²) in [4.78, 5) is 3.76. The van der Waals surface area contributed by atoms with E-state index in [1.165, 1.54) is 4.88 Å². The standard InChI is InChI=1S/C11H17BrN2OS/c1-8(13)11(10-6-9(12)7-16-10)14-2-4-15-5-3-14/h6-8,11H,2-5,13H2,1H3. The third-order valence-electron chi connectivity index (χ3n) is 2.82. The molecule has 0 amide bonds. The summed E-state index contributed by atoms with van der Waals surface area (Å²) in [6.07, 6.45) is 0. The lowest BCUT2D eigenvalue weighted by atomic mass is 10.1. The predicted octanol–water partition coefficient (Wildman–Crippen LogP) is 2.23. The molecular weight excluding hydrogens is 288 g/mol. The molecule has 2 N–H and O–H groups in total. The zero-order valence-corrected chi connectivity index (χ0v) is 11.8. The van der Waals surface area contributed by atoms with Gasteiger partial charge in [-0.3, -0.25) is 4.90 Å². The first-order chi connectivity index (χ1) is 7.68. The summed E-state index contributed by atoms with van der Waals surface area (Å²) < 4.78 is 6.53. The number of hydrogen-bond acceptors (Lipinski definition) is 4. The van der Waals surface area contributed by atoms with E-state index in [4.69, 9.17) is 10.5 Å². The fourth-order valence-corrected chi connectivity index (χ4v) is 3.80. The minimum atomic E-state index is 0.142. The lowest BCUT2D eigenvalue weighted by Gasteiger charge is -2.36. The molecule has 1 aromatic heterocycles. The number of halogens is 1. The Kier molecular flexibility index (Phi) is 4.38. The van der Waals surface area contributed by atoms with E-state index in [1.807, 2.05) is 0 Å². The van der Waals surface area contributed by atoms with Crippen molar-refractivity contribution in [2.45, 2.75) is 19.0 Å². The van der Waals surface area contributed by atoms with E-state index in [1.54, 1.807) is 11.3 Å². The molecule has 0 saturated carbocycles. The molecule has 0 bridgehead atoms. The van der Waals surface area contributed by atoms with Crippen molar-refractivity contribution < 1.29 is 4.74 Å². The van der Waals surface area contributed by atoms with Gasteiger partial charge >= 0.3 is 0 Å². The van der Waals surface area contributed by atoms with Crippen LogP contribution in [0.1, 0.15) is 17.8 Å². The fourth-order valence-electron chi connectivity index (χ4n) is 2.11. The van der Waals surface area contributed by atoms with E-state index < -0.39 is 0 Å². The summed E-state index contributed by atoms with van der Waals surface area (Å²) in [7, 11) is 0. The normalized spacial score (nSPS) is 21.9. The molecule has 90 valence electrons. The maximum absolute atomic E-state index is 6.12. The first kappa shape index (κ1) is 12.5. The van der Waals surface area contributed by atoms with E-state index in [-0.39, 0.29) is 6.04 Å². The van der Waals surface area contributed by atoms with Crippen LogP contribution in [-0.4, -0.2) is 37.2 Å². The Balaban J connectivity index is 2.16. The second-order valence-electron chi connectivity index (χ2n) is 4.12. The molecule has 3 nitrogen and oxygen atoms in total. The molecule has 1 saturated heterocycles. The highest BCUT2D eigenvalue weighted by atomic mass is 79.9. The maximum atomic E-state index is 6.12. The SMILES string of the molecule is CC(N)C(c1cc(Br)cs1)N1CCOCC1. The Bertz CT molecular complexity index is 336. The van der Waals surface area contributed by atoms with Crippen LogP contribution in [0.2, 0.25) is 0 Å². The molecule has 1 aliphatic heterocycles. The van der Waals surface area contributed by atoms with Crippen LogP contribution in [0.4, 0.5) is 0 Å². The Morgan fingerprint density at radius 3 is 2.69 bits per heavy atom. The van der Waals surface area contributed by atoms with Crippen molar-refractivity contribution in [1.29, 1.82) is 0 Å². The first-order valence-corrected chi connectivity index (χ1v) is 7.17. The average molecular weight is 305 g/mol. The highest BCUT2D eigenvalue weighted by Gasteiger charge is 2.26. The number of thiophene rings is 1. The van der Waals surface area contributed by atoms with Gasteiger partial charge in [-0.05, 0) is 28.9 Å². The van der Waals surface area contributed by atoms with E-state index >= 15 is 0 Å². The lowest BCUT2D eigenvalue weighted by molar-refractivity contribution is 0.0124. The van der Waals surface area contributed by atoms with Gasteiger partial charge in [0.1, 0.15) is 0 Å². The van der Waals surface area contributed by atoms with Crippen molar-refractivity contribution in [2.75, 3.05) is 26.3 Å². The Labute approximate surface area is 109 Å². The van der Waals surface area contributed by atoms with Crippen LogP contribution >= 0.6 is 27.3 Å². The molecule has 1 aromatic rings. The van der Waals surface area contributed by atoms with E-state index in [2.05, 4.69) is 39.2 Å². The van der Waals surface area contributed by atoms with Gasteiger partial charge in [-0.15, -0.1) is 11.3 Å². The van der Waals surface area contributed by atoms with Gasteiger partial charge in [0.25, 0.3) is 0 Å². The summed E-state index contributed by atoms with van der Waals surface area (Å²) in [6.45, 7) is 5.66. The van der Waals surface area contributed by atoms with Crippen LogP contribution in [0.25, 0.3) is 0 Å². The van der Waals surface area contributed by atoms with Crippen molar-refractivity contribution in [3.8, 4) is 0 Å². The smallest absolute Gasteiger partial charge is 0.0594 e. The molecule has 5 heteroatoms. The second-order valence-corrected chi connectivity index (χ2v) is 5.98. The van der Waals surface area contributed by atoms with Crippen molar-refractivity contribution in [3.05, 3.63) is 20.8 Å². The number of ether oxygens (including phenoxy) is 1. The van der Waals surface area contributed by atoms with Gasteiger partial charge in [0.05, 0.1) is 19.3 Å². The van der Waals surface area contributed by atoms with Gasteiger partial charge in [-0.1, -0.05) is 0 Å². The zero-order valence-electron chi connectivity index (χ0n) is 9.36. The van der Waals surface area contributed by atoms with Crippen LogP contribution in [0.3, 0.4) is 0 Å². The summed E-state index contributed by atoms with van der Waals surface area (Å²) in [6, 6.07) is 2.64. The molecule has 0 aliphatic carbocycles. The number of morpholine rings is 1. The third kappa shape index (κ3) is 2.84. The molecule has 2 rings (SSSR count). The van der Waals surface area contributed by atoms with Crippen LogP contribution < -0.4 is 5.73 Å². The summed E-state index contributed by atoms with van der Waals surface area (Å²) >= 11 is 5.27. The van der Waals surface area contributed by atoms with Gasteiger partial charge in [-0.2, -0.15) is 0 Å². The van der Waals surface area contributed by atoms with E-state index in [0.717, 1.165) is 30.8 Å². The molecule has 0 spiro atoms. The average Bonchev–Trinajstić information content (AvgIpc) is 2.66. The molecule has 0 aromatic carbocycles. The highest BCUT2D eigenvalue weighted by Crippen LogP contribution is 2.31. The van der Waals surface area contributed by atoms with E-state index in [9.17, 15) is 0 Å². The van der Waals surface area contributed by atoms with Gasteiger partial charge < -0.3 is 10.5 Å². The van der Waals surface area contributed by atoms with Gasteiger partial charge in [0, 0.05) is 33.9 Å². The van der Waals surface area contributed by atoms with Crippen LogP contribution in [-0.2, 0) is 4.74 Å². The lowest BCUT2D eigenvalue weighted by Crippen LogP contribution is -2.45. The van der Waals surface area contributed by atoms with Crippen LogP contribution in [0.5, 0.6) is 0 Å². The molecule has 2 heterocycles. The highest BCUT2D eigenvalue weighted by molar-refractivity contribution is 9.10. The largest absolute Gasteiger partial charge is 0.379 e. The fraction of sp³-hybridized carbons (Fsp3) is 0.636. The molecular formula is C11H17BrN2OS. The van der Waals surface area contributed by atoms with Crippen molar-refractivity contribution in [1.82, 2.24) is 4.90 Å².